The van der Waals surface area contributed by atoms with Gasteiger partial charge in [0.05, 0.1) is 17.1 Å². The molecule has 0 radical (unpaired) electrons. The second-order valence-electron chi connectivity index (χ2n) is 7.64. The molecule has 0 bridgehead atoms. The number of carboxylic acids is 1. The maximum absolute atomic E-state index is 13.4. The molecular weight excluding hydrogens is 469 g/mol. The number of nitrogens with zero attached hydrogens (tertiary/aromatic N) is 2. The Bertz CT molecular complexity index is 1150. The fraction of sp³-hybridized carbons (Fsp3) is 0.269. The summed E-state index contributed by atoms with van der Waals surface area (Å²) in [4.78, 5) is 15.1. The molecule has 7 nitrogen and oxygen atoms in total. The van der Waals surface area contributed by atoms with Crippen molar-refractivity contribution in [1.29, 1.82) is 0 Å². The Kier molecular flexibility index (Phi) is 11.0. The lowest BCUT2D eigenvalue weighted by atomic mass is 10.1. The number of anilines is 1. The van der Waals surface area contributed by atoms with Gasteiger partial charge in [0.15, 0.2) is 5.82 Å². The van der Waals surface area contributed by atoms with E-state index in [2.05, 4.69) is 45.1 Å². The summed E-state index contributed by atoms with van der Waals surface area (Å²) < 4.78 is 13.4. The Morgan fingerprint density at radius 1 is 1.31 bits per heavy atom. The van der Waals surface area contributed by atoms with Crippen LogP contribution in [0.2, 0.25) is 5.02 Å². The first-order chi connectivity index (χ1) is 16.8. The SMILES string of the molecule is C=C(NCc1ccc(F)c(Cl)c1)C(=C)c1[nH]nc(NC/C(=C/CC)C/C=C\CC(=O)O)c1N=CC. The average molecular weight is 500 g/mol. The van der Waals surface area contributed by atoms with Gasteiger partial charge in [-0.25, -0.2) is 4.39 Å². The Hall–Kier alpha value is -3.65. The van der Waals surface area contributed by atoms with Crippen LogP contribution in [0, 0.1) is 5.82 Å². The lowest BCUT2D eigenvalue weighted by Crippen LogP contribution is -2.13. The number of aliphatic carboxylic acids is 1. The summed E-state index contributed by atoms with van der Waals surface area (Å²) in [7, 11) is 0. The fourth-order valence-corrected chi connectivity index (χ4v) is 3.38. The molecular formula is C26H31ClFN5O2. The van der Waals surface area contributed by atoms with Crippen LogP contribution in [-0.2, 0) is 11.3 Å². The highest BCUT2D eigenvalue weighted by molar-refractivity contribution is 6.30. The highest BCUT2D eigenvalue weighted by Gasteiger charge is 2.17. The molecule has 0 saturated carbocycles. The molecule has 0 amide bonds. The van der Waals surface area contributed by atoms with Crippen molar-refractivity contribution in [2.45, 2.75) is 39.7 Å². The second-order valence-corrected chi connectivity index (χ2v) is 8.05. The molecule has 1 heterocycles. The number of carbonyl (C=O) groups is 1. The van der Waals surface area contributed by atoms with Gasteiger partial charge < -0.3 is 15.7 Å². The number of halogens is 2. The van der Waals surface area contributed by atoms with Crippen LogP contribution >= 0.6 is 11.6 Å². The number of carboxylic acid groups (broad SMARTS) is 1. The summed E-state index contributed by atoms with van der Waals surface area (Å²) in [5.41, 5.74) is 4.26. The number of benzene rings is 1. The molecule has 0 saturated heterocycles. The predicted octanol–water partition coefficient (Wildman–Crippen LogP) is 6.41. The first-order valence-corrected chi connectivity index (χ1v) is 11.6. The molecule has 4 N–H and O–H groups in total. The minimum Gasteiger partial charge on any atom is -0.481 e. The number of H-pyrrole nitrogens is 1. The van der Waals surface area contributed by atoms with E-state index in [4.69, 9.17) is 16.7 Å². The van der Waals surface area contributed by atoms with Gasteiger partial charge in [-0.15, -0.1) is 0 Å². The van der Waals surface area contributed by atoms with Crippen molar-refractivity contribution in [3.05, 3.63) is 83.0 Å². The molecule has 9 heteroatoms. The number of nitrogens with one attached hydrogen (secondary N) is 3. The van der Waals surface area contributed by atoms with Crippen molar-refractivity contribution in [2.75, 3.05) is 11.9 Å². The van der Waals surface area contributed by atoms with E-state index in [0.717, 1.165) is 17.6 Å². The summed E-state index contributed by atoms with van der Waals surface area (Å²) >= 11 is 5.86. The number of hydrogen-bond acceptors (Lipinski definition) is 5. The van der Waals surface area contributed by atoms with Crippen molar-refractivity contribution < 1.29 is 14.3 Å². The van der Waals surface area contributed by atoms with Gasteiger partial charge in [-0.2, -0.15) is 5.10 Å². The first kappa shape index (κ1) is 27.6. The van der Waals surface area contributed by atoms with E-state index in [-0.39, 0.29) is 11.4 Å². The van der Waals surface area contributed by atoms with Gasteiger partial charge in [0.1, 0.15) is 11.5 Å². The Labute approximate surface area is 210 Å². The quantitative estimate of drug-likeness (QED) is 0.137. The van der Waals surface area contributed by atoms with Crippen LogP contribution in [0.1, 0.15) is 44.4 Å². The summed E-state index contributed by atoms with van der Waals surface area (Å²) in [6.45, 7) is 13.0. The van der Waals surface area contributed by atoms with Gasteiger partial charge >= 0.3 is 5.97 Å². The standard InChI is InChI=1S/C26H31ClFN5O2/c1-5-9-19(10-7-8-11-23(34)35)15-31-26-25(29-6-2)24(32-33-26)17(3)18(4)30-16-20-12-13-22(28)21(27)14-20/h6-9,12-14,30H,3-5,10-11,15-16H2,1-2H3,(H,34,35)(H2,31,32,33)/b8-7-,19-9+,29-6?. The van der Waals surface area contributed by atoms with E-state index in [1.807, 2.05) is 19.9 Å². The maximum Gasteiger partial charge on any atom is 0.307 e. The minimum absolute atomic E-state index is 0.000838. The maximum atomic E-state index is 13.4. The zero-order valence-electron chi connectivity index (χ0n) is 20.0. The molecule has 2 rings (SSSR count). The van der Waals surface area contributed by atoms with E-state index >= 15 is 0 Å². The summed E-state index contributed by atoms with van der Waals surface area (Å²) in [6, 6.07) is 4.53. The smallest absolute Gasteiger partial charge is 0.307 e. The minimum atomic E-state index is -0.857. The molecule has 0 spiro atoms. The molecule has 1 aromatic carbocycles. The largest absolute Gasteiger partial charge is 0.481 e. The van der Waals surface area contributed by atoms with E-state index in [9.17, 15) is 9.18 Å². The van der Waals surface area contributed by atoms with Crippen LogP contribution in [0.3, 0.4) is 0 Å². The van der Waals surface area contributed by atoms with Gasteiger partial charge in [0.2, 0.25) is 0 Å². The highest BCUT2D eigenvalue weighted by Crippen LogP contribution is 2.33. The van der Waals surface area contributed by atoms with Crippen LogP contribution < -0.4 is 10.6 Å². The third-order valence-electron chi connectivity index (χ3n) is 4.97. The van der Waals surface area contributed by atoms with Crippen molar-refractivity contribution in [3.63, 3.8) is 0 Å². The van der Waals surface area contributed by atoms with Gasteiger partial charge in [-0.1, -0.05) is 61.6 Å². The molecule has 186 valence electrons. The first-order valence-electron chi connectivity index (χ1n) is 11.2. The number of rotatable bonds is 14. The monoisotopic (exact) mass is 499 g/mol. The van der Waals surface area contributed by atoms with E-state index in [0.29, 0.717) is 48.0 Å². The highest BCUT2D eigenvalue weighted by atomic mass is 35.5. The molecule has 0 atom stereocenters. The molecule has 0 aliphatic carbocycles. The zero-order chi connectivity index (χ0) is 25.8. The van der Waals surface area contributed by atoms with E-state index in [1.165, 1.54) is 6.07 Å². The molecule has 1 aromatic heterocycles. The Morgan fingerprint density at radius 2 is 2.06 bits per heavy atom. The van der Waals surface area contributed by atoms with Crippen molar-refractivity contribution in [1.82, 2.24) is 15.5 Å². The number of hydrogen-bond donors (Lipinski definition) is 4. The van der Waals surface area contributed by atoms with Crippen LogP contribution in [0.4, 0.5) is 15.9 Å². The van der Waals surface area contributed by atoms with Crippen LogP contribution in [0.15, 0.2) is 65.8 Å². The third kappa shape index (κ3) is 8.57. The van der Waals surface area contributed by atoms with Crippen LogP contribution in [0.5, 0.6) is 0 Å². The van der Waals surface area contributed by atoms with Crippen molar-refractivity contribution in [3.8, 4) is 0 Å². The predicted molar refractivity (Wildman–Crippen MR) is 142 cm³/mol. The van der Waals surface area contributed by atoms with Crippen LogP contribution in [-0.4, -0.2) is 34.0 Å². The summed E-state index contributed by atoms with van der Waals surface area (Å²) in [5, 5.41) is 22.7. The number of aromatic amines is 1. The van der Waals surface area contributed by atoms with Gasteiger partial charge in [0, 0.05) is 30.6 Å². The number of aliphatic imine (C=N–C) groups is 1. The lowest BCUT2D eigenvalue weighted by molar-refractivity contribution is -0.136. The van der Waals surface area contributed by atoms with E-state index < -0.39 is 11.8 Å². The lowest BCUT2D eigenvalue weighted by Gasteiger charge is -2.12. The van der Waals surface area contributed by atoms with E-state index in [1.54, 1.807) is 24.4 Å². The van der Waals surface area contributed by atoms with Gasteiger partial charge in [-0.3, -0.25) is 14.9 Å². The van der Waals surface area contributed by atoms with Crippen LogP contribution in [0.25, 0.3) is 5.57 Å². The summed E-state index contributed by atoms with van der Waals surface area (Å²) in [6.07, 6.45) is 8.76. The zero-order valence-corrected chi connectivity index (χ0v) is 20.8. The molecule has 0 aliphatic heterocycles. The summed E-state index contributed by atoms with van der Waals surface area (Å²) in [5.74, 6) is -0.760. The Balaban J connectivity index is 2.08. The Morgan fingerprint density at radius 3 is 2.71 bits per heavy atom. The third-order valence-corrected chi connectivity index (χ3v) is 5.26. The number of aromatic nitrogens is 2. The van der Waals surface area contributed by atoms with Crippen molar-refractivity contribution in [2.24, 2.45) is 4.99 Å². The molecule has 35 heavy (non-hydrogen) atoms. The molecule has 0 unspecified atom stereocenters. The molecule has 0 aliphatic rings. The topological polar surface area (TPSA) is 102 Å². The normalized spacial score (nSPS) is 11.8. The second kappa shape index (κ2) is 13.9. The fourth-order valence-electron chi connectivity index (χ4n) is 3.17. The van der Waals surface area contributed by atoms with Gasteiger partial charge in [0.25, 0.3) is 0 Å². The van der Waals surface area contributed by atoms with Crippen molar-refractivity contribution >= 4 is 40.9 Å². The molecule has 0 fully saturated rings. The average Bonchev–Trinajstić information content (AvgIpc) is 3.22. The van der Waals surface area contributed by atoms with Gasteiger partial charge in [-0.05, 0) is 37.5 Å². The molecule has 2 aromatic rings. The number of allylic oxidation sites excluding steroid dienone is 3.